The van der Waals surface area contributed by atoms with Gasteiger partial charge in [0.1, 0.15) is 12.3 Å². The lowest BCUT2D eigenvalue weighted by Crippen LogP contribution is -2.41. The van der Waals surface area contributed by atoms with Gasteiger partial charge in [-0.15, -0.1) is 0 Å². The maximum atomic E-state index is 13.1. The first-order chi connectivity index (χ1) is 13.5. The average molecular weight is 471 g/mol. The van der Waals surface area contributed by atoms with Crippen molar-refractivity contribution in [1.82, 2.24) is 5.32 Å². The van der Waals surface area contributed by atoms with Gasteiger partial charge in [0.05, 0.1) is 34.5 Å². The fourth-order valence-electron chi connectivity index (χ4n) is 2.30. The molecule has 0 saturated carbocycles. The second-order valence-electron chi connectivity index (χ2n) is 5.91. The van der Waals surface area contributed by atoms with Crippen molar-refractivity contribution in [3.8, 4) is 0 Å². The number of halogens is 4. The summed E-state index contributed by atoms with van der Waals surface area (Å²) < 4.78 is 69.0. The predicted octanol–water partition coefficient (Wildman–Crippen LogP) is 3.77. The van der Waals surface area contributed by atoms with Crippen molar-refractivity contribution in [3.63, 3.8) is 0 Å². The molecular weight excluding hydrogens is 453 g/mol. The number of sulfonamides is 1. The van der Waals surface area contributed by atoms with E-state index in [2.05, 4.69) is 5.32 Å². The van der Waals surface area contributed by atoms with Gasteiger partial charge in [-0.05, 0) is 30.3 Å². The molecule has 0 aliphatic rings. The van der Waals surface area contributed by atoms with Crippen molar-refractivity contribution in [3.05, 3.63) is 52.9 Å². The van der Waals surface area contributed by atoms with E-state index in [1.807, 2.05) is 6.07 Å². The highest BCUT2D eigenvalue weighted by Crippen LogP contribution is 2.37. The standard InChI is InChI=1S/C17H18ClF3N2O4S2/c1-29(25,26)23(12-4-5-15(18)14(9-12)17(19,20)21)10-16(24)22-6-8-28-11-13-3-2-7-27-13/h2-5,7,9H,6,8,10-11H2,1H3,(H,22,24). The molecule has 1 amide bonds. The Balaban J connectivity index is 1.99. The number of nitrogens with zero attached hydrogens (tertiary/aromatic N) is 1. The summed E-state index contributed by atoms with van der Waals surface area (Å²) >= 11 is 7.06. The van der Waals surface area contributed by atoms with Crippen LogP contribution in [0.15, 0.2) is 41.0 Å². The van der Waals surface area contributed by atoms with Crippen LogP contribution in [0.25, 0.3) is 0 Å². The van der Waals surface area contributed by atoms with Crippen LogP contribution in [0.1, 0.15) is 11.3 Å². The zero-order valence-corrected chi connectivity index (χ0v) is 17.6. The molecule has 0 saturated heterocycles. The topological polar surface area (TPSA) is 79.6 Å². The molecule has 1 heterocycles. The molecular formula is C17H18ClF3N2O4S2. The SMILES string of the molecule is CS(=O)(=O)N(CC(=O)NCCSCc1ccco1)c1ccc(Cl)c(C(F)(F)F)c1. The Hall–Kier alpha value is -1.85. The van der Waals surface area contributed by atoms with Gasteiger partial charge in [0, 0.05) is 12.3 Å². The van der Waals surface area contributed by atoms with E-state index in [-0.39, 0.29) is 12.2 Å². The molecule has 12 heteroatoms. The maximum absolute atomic E-state index is 13.1. The van der Waals surface area contributed by atoms with E-state index >= 15 is 0 Å². The third-order valence-corrected chi connectivity index (χ3v) is 6.08. The van der Waals surface area contributed by atoms with Gasteiger partial charge < -0.3 is 9.73 Å². The van der Waals surface area contributed by atoms with Gasteiger partial charge in [-0.25, -0.2) is 8.42 Å². The molecule has 0 spiro atoms. The van der Waals surface area contributed by atoms with E-state index in [1.54, 1.807) is 12.3 Å². The van der Waals surface area contributed by atoms with E-state index in [0.29, 0.717) is 21.9 Å². The van der Waals surface area contributed by atoms with Crippen molar-refractivity contribution in [1.29, 1.82) is 0 Å². The first-order valence-electron chi connectivity index (χ1n) is 8.20. The normalized spacial score (nSPS) is 12.0. The number of hydrogen-bond acceptors (Lipinski definition) is 5. The number of carbonyl (C=O) groups excluding carboxylic acids is 1. The number of rotatable bonds is 9. The summed E-state index contributed by atoms with van der Waals surface area (Å²) in [4.78, 5) is 12.1. The molecule has 0 unspecified atom stereocenters. The molecule has 1 N–H and O–H groups in total. The third kappa shape index (κ3) is 7.16. The molecule has 0 bridgehead atoms. The number of anilines is 1. The average Bonchev–Trinajstić information content (AvgIpc) is 3.11. The van der Waals surface area contributed by atoms with Crippen LogP contribution >= 0.6 is 23.4 Å². The van der Waals surface area contributed by atoms with E-state index in [4.69, 9.17) is 16.0 Å². The summed E-state index contributed by atoms with van der Waals surface area (Å²) in [5.41, 5.74) is -1.48. The van der Waals surface area contributed by atoms with E-state index in [0.717, 1.165) is 24.1 Å². The molecule has 160 valence electrons. The lowest BCUT2D eigenvalue weighted by molar-refractivity contribution is -0.137. The first-order valence-corrected chi connectivity index (χ1v) is 11.6. The lowest BCUT2D eigenvalue weighted by atomic mass is 10.2. The molecule has 0 atom stereocenters. The van der Waals surface area contributed by atoms with Crippen LogP contribution < -0.4 is 9.62 Å². The van der Waals surface area contributed by atoms with Crippen molar-refractivity contribution < 1.29 is 30.8 Å². The van der Waals surface area contributed by atoms with Crippen molar-refractivity contribution in [2.75, 3.05) is 29.4 Å². The minimum absolute atomic E-state index is 0.260. The first kappa shape index (κ1) is 23.4. The fraction of sp³-hybridized carbons (Fsp3) is 0.353. The predicted molar refractivity (Wildman–Crippen MR) is 107 cm³/mol. The van der Waals surface area contributed by atoms with Gasteiger partial charge in [-0.2, -0.15) is 24.9 Å². The number of alkyl halides is 3. The van der Waals surface area contributed by atoms with Gasteiger partial charge in [-0.1, -0.05) is 11.6 Å². The summed E-state index contributed by atoms with van der Waals surface area (Å²) in [7, 11) is -4.01. The van der Waals surface area contributed by atoms with Crippen LogP contribution in [0.2, 0.25) is 5.02 Å². The van der Waals surface area contributed by atoms with Crippen LogP contribution in [-0.2, 0) is 26.7 Å². The number of carbonyl (C=O) groups is 1. The minimum Gasteiger partial charge on any atom is -0.468 e. The van der Waals surface area contributed by atoms with E-state index < -0.39 is 39.2 Å². The molecule has 1 aromatic carbocycles. The highest BCUT2D eigenvalue weighted by Gasteiger charge is 2.34. The van der Waals surface area contributed by atoms with Crippen LogP contribution in [0.3, 0.4) is 0 Å². The van der Waals surface area contributed by atoms with E-state index in [9.17, 15) is 26.4 Å². The van der Waals surface area contributed by atoms with Crippen molar-refractivity contribution in [2.45, 2.75) is 11.9 Å². The fourth-order valence-corrected chi connectivity index (χ4v) is 4.13. The lowest BCUT2D eigenvalue weighted by Gasteiger charge is -2.23. The van der Waals surface area contributed by atoms with Crippen molar-refractivity contribution in [2.24, 2.45) is 0 Å². The molecule has 0 aliphatic carbocycles. The highest BCUT2D eigenvalue weighted by atomic mass is 35.5. The summed E-state index contributed by atoms with van der Waals surface area (Å²) in [5, 5.41) is 1.98. The number of furan rings is 1. The maximum Gasteiger partial charge on any atom is 0.417 e. The van der Waals surface area contributed by atoms with Gasteiger partial charge >= 0.3 is 6.18 Å². The summed E-state index contributed by atoms with van der Waals surface area (Å²) in [5.74, 6) is 1.30. The molecule has 6 nitrogen and oxygen atoms in total. The van der Waals surface area contributed by atoms with E-state index in [1.165, 1.54) is 11.8 Å². The second-order valence-corrected chi connectivity index (χ2v) is 9.33. The Morgan fingerprint density at radius 1 is 1.31 bits per heavy atom. The summed E-state index contributed by atoms with van der Waals surface area (Å²) in [6.07, 6.45) is -2.40. The number of thioether (sulfide) groups is 1. The number of nitrogens with one attached hydrogen (secondary N) is 1. The van der Waals surface area contributed by atoms with Gasteiger partial charge in [-0.3, -0.25) is 9.10 Å². The van der Waals surface area contributed by atoms with Crippen molar-refractivity contribution >= 4 is 45.0 Å². The molecule has 29 heavy (non-hydrogen) atoms. The Bertz CT molecular complexity index is 935. The summed E-state index contributed by atoms with van der Waals surface area (Å²) in [6.45, 7) is -0.392. The number of benzene rings is 1. The second kappa shape index (κ2) is 9.77. The number of amides is 1. The third-order valence-electron chi connectivity index (χ3n) is 3.62. The molecule has 2 aromatic rings. The van der Waals surface area contributed by atoms with Gasteiger partial charge in [0.15, 0.2) is 0 Å². The minimum atomic E-state index is -4.76. The quantitative estimate of drug-likeness (QED) is 0.564. The smallest absolute Gasteiger partial charge is 0.417 e. The molecule has 0 fully saturated rings. The summed E-state index contributed by atoms with van der Waals surface area (Å²) in [6, 6.07) is 6.25. The molecule has 1 aromatic heterocycles. The number of hydrogen-bond donors (Lipinski definition) is 1. The van der Waals surface area contributed by atoms with Crippen LogP contribution in [-0.4, -0.2) is 39.4 Å². The Morgan fingerprint density at radius 2 is 2.03 bits per heavy atom. The Morgan fingerprint density at radius 3 is 2.62 bits per heavy atom. The van der Waals surface area contributed by atoms with Gasteiger partial charge in [0.25, 0.3) is 0 Å². The van der Waals surface area contributed by atoms with Gasteiger partial charge in [0.2, 0.25) is 15.9 Å². The Kier molecular flexibility index (Phi) is 7.89. The molecule has 0 aliphatic heterocycles. The molecule has 0 radical (unpaired) electrons. The zero-order valence-electron chi connectivity index (χ0n) is 15.2. The highest BCUT2D eigenvalue weighted by molar-refractivity contribution is 7.98. The van der Waals surface area contributed by atoms with Crippen LogP contribution in [0.4, 0.5) is 18.9 Å². The van der Waals surface area contributed by atoms with Crippen LogP contribution in [0, 0.1) is 0 Å². The molecule has 2 rings (SSSR count). The van der Waals surface area contributed by atoms with Crippen LogP contribution in [0.5, 0.6) is 0 Å². The zero-order chi connectivity index (χ0) is 21.7. The monoisotopic (exact) mass is 470 g/mol. The largest absolute Gasteiger partial charge is 0.468 e. The Labute approximate surface area is 175 Å².